The molecular weight excluding hydrogens is 235 g/mol. The minimum absolute atomic E-state index is 0.0977. The Labute approximate surface area is 98.1 Å². The second kappa shape index (κ2) is 6.32. The van der Waals surface area contributed by atoms with Crippen LogP contribution in [0.4, 0.5) is 13.2 Å². The van der Waals surface area contributed by atoms with Crippen LogP contribution in [0.25, 0.3) is 0 Å². The number of nitrogens with two attached hydrogens (primary N) is 1. The summed E-state index contributed by atoms with van der Waals surface area (Å²) in [5.41, 5.74) is 5.26. The van der Waals surface area contributed by atoms with Crippen LogP contribution in [-0.4, -0.2) is 12.3 Å². The largest absolute Gasteiger partial charge is 0.572 e. The van der Waals surface area contributed by atoms with E-state index < -0.39 is 12.3 Å². The van der Waals surface area contributed by atoms with E-state index >= 15 is 0 Å². The Morgan fingerprint density at radius 2 is 1.94 bits per heavy atom. The zero-order chi connectivity index (χ0) is 13.6. The molecule has 0 heterocycles. The first-order valence-corrected chi connectivity index (χ1v) is 5.27. The Balaban J connectivity index is 0.00000121. The first-order chi connectivity index (χ1) is 7.81. The SMILES string of the molecule is CC.CC1=C(OC(F)(F)F)CCC=C1C(N)=O. The predicted octanol–water partition coefficient (Wildman–Crippen LogP) is 3.03. The molecule has 0 aromatic heterocycles. The van der Waals surface area contributed by atoms with Gasteiger partial charge in [-0.3, -0.25) is 4.79 Å². The third-order valence-electron chi connectivity index (χ3n) is 2.05. The zero-order valence-corrected chi connectivity index (χ0v) is 10.0. The lowest BCUT2D eigenvalue weighted by molar-refractivity contribution is -0.306. The second-order valence-corrected chi connectivity index (χ2v) is 3.12. The molecule has 0 saturated carbocycles. The third kappa shape index (κ3) is 4.93. The quantitative estimate of drug-likeness (QED) is 0.820. The van der Waals surface area contributed by atoms with E-state index in [-0.39, 0.29) is 23.3 Å². The van der Waals surface area contributed by atoms with Gasteiger partial charge in [-0.2, -0.15) is 0 Å². The van der Waals surface area contributed by atoms with Gasteiger partial charge in [-0.25, -0.2) is 0 Å². The van der Waals surface area contributed by atoms with Gasteiger partial charge in [0, 0.05) is 12.0 Å². The van der Waals surface area contributed by atoms with Gasteiger partial charge in [0.2, 0.25) is 5.91 Å². The van der Waals surface area contributed by atoms with E-state index in [0.717, 1.165) is 0 Å². The summed E-state index contributed by atoms with van der Waals surface area (Å²) in [6, 6.07) is 0. The maximum absolute atomic E-state index is 11.9. The lowest BCUT2D eigenvalue weighted by atomic mass is 9.97. The predicted molar refractivity (Wildman–Crippen MR) is 57.7 cm³/mol. The molecule has 98 valence electrons. The Hall–Kier alpha value is -1.46. The highest BCUT2D eigenvalue weighted by atomic mass is 19.4. The van der Waals surface area contributed by atoms with Crippen LogP contribution in [0, 0.1) is 0 Å². The van der Waals surface area contributed by atoms with Crippen LogP contribution in [0.5, 0.6) is 0 Å². The topological polar surface area (TPSA) is 52.3 Å². The number of ether oxygens (including phenoxy) is 1. The molecule has 1 aliphatic carbocycles. The normalized spacial score (nSPS) is 15.8. The Kier molecular flexibility index (Phi) is 5.78. The fourth-order valence-electron chi connectivity index (χ4n) is 1.39. The van der Waals surface area contributed by atoms with Crippen LogP contribution < -0.4 is 5.73 Å². The maximum atomic E-state index is 11.9. The highest BCUT2D eigenvalue weighted by Gasteiger charge is 2.33. The minimum atomic E-state index is -4.73. The van der Waals surface area contributed by atoms with Crippen LogP contribution in [0.3, 0.4) is 0 Å². The molecule has 17 heavy (non-hydrogen) atoms. The Morgan fingerprint density at radius 3 is 2.35 bits per heavy atom. The number of allylic oxidation sites excluding steroid dienone is 2. The number of amides is 1. The fraction of sp³-hybridized carbons (Fsp3) is 0.545. The summed E-state index contributed by atoms with van der Waals surface area (Å²) in [5, 5.41) is 0. The summed E-state index contributed by atoms with van der Waals surface area (Å²) in [6.07, 6.45) is -2.76. The number of carbonyl (C=O) groups excluding carboxylic acids is 1. The first-order valence-electron chi connectivity index (χ1n) is 5.27. The summed E-state index contributed by atoms with van der Waals surface area (Å²) in [5.74, 6) is -0.978. The summed E-state index contributed by atoms with van der Waals surface area (Å²) in [4.78, 5) is 10.9. The van der Waals surface area contributed by atoms with Crippen molar-refractivity contribution in [2.24, 2.45) is 5.73 Å². The van der Waals surface area contributed by atoms with Crippen LogP contribution in [-0.2, 0) is 9.53 Å². The van der Waals surface area contributed by atoms with Gasteiger partial charge in [-0.05, 0) is 18.9 Å². The van der Waals surface area contributed by atoms with Crippen molar-refractivity contribution < 1.29 is 22.7 Å². The van der Waals surface area contributed by atoms with Crippen LogP contribution >= 0.6 is 0 Å². The number of hydrogen-bond donors (Lipinski definition) is 1. The lowest BCUT2D eigenvalue weighted by Crippen LogP contribution is -2.20. The molecule has 1 aliphatic rings. The molecule has 0 saturated heterocycles. The van der Waals surface area contributed by atoms with Gasteiger partial charge in [-0.1, -0.05) is 19.9 Å². The number of hydrogen-bond acceptors (Lipinski definition) is 2. The monoisotopic (exact) mass is 251 g/mol. The molecule has 6 heteroatoms. The third-order valence-corrected chi connectivity index (χ3v) is 2.05. The van der Waals surface area contributed by atoms with E-state index in [1.165, 1.54) is 13.0 Å². The Morgan fingerprint density at radius 1 is 1.41 bits per heavy atom. The first kappa shape index (κ1) is 15.5. The number of rotatable bonds is 2. The smallest absolute Gasteiger partial charge is 0.410 e. The van der Waals surface area contributed by atoms with Crippen LogP contribution in [0.1, 0.15) is 33.6 Å². The Bertz CT molecular complexity index is 343. The lowest BCUT2D eigenvalue weighted by Gasteiger charge is -2.19. The molecule has 1 amide bonds. The molecule has 0 bridgehead atoms. The van der Waals surface area contributed by atoms with Crippen molar-refractivity contribution in [2.45, 2.75) is 40.0 Å². The van der Waals surface area contributed by atoms with Crippen molar-refractivity contribution in [3.8, 4) is 0 Å². The summed E-state index contributed by atoms with van der Waals surface area (Å²) in [6.45, 7) is 5.39. The molecule has 0 spiro atoms. The van der Waals surface area contributed by atoms with Crippen molar-refractivity contribution in [3.63, 3.8) is 0 Å². The minimum Gasteiger partial charge on any atom is -0.410 e. The number of carbonyl (C=O) groups is 1. The number of halogens is 3. The van der Waals surface area contributed by atoms with Gasteiger partial charge in [-0.15, -0.1) is 13.2 Å². The van der Waals surface area contributed by atoms with E-state index in [0.29, 0.717) is 6.42 Å². The fourth-order valence-corrected chi connectivity index (χ4v) is 1.39. The average molecular weight is 251 g/mol. The van der Waals surface area contributed by atoms with Crippen molar-refractivity contribution in [2.75, 3.05) is 0 Å². The molecule has 0 aliphatic heterocycles. The van der Waals surface area contributed by atoms with Gasteiger partial charge in [0.15, 0.2) is 0 Å². The highest BCUT2D eigenvalue weighted by Crippen LogP contribution is 2.31. The van der Waals surface area contributed by atoms with E-state index in [4.69, 9.17) is 5.73 Å². The summed E-state index contributed by atoms with van der Waals surface area (Å²) < 4.78 is 39.7. The number of primary amides is 1. The maximum Gasteiger partial charge on any atom is 0.572 e. The molecule has 2 N–H and O–H groups in total. The van der Waals surface area contributed by atoms with Crippen molar-refractivity contribution in [1.29, 1.82) is 0 Å². The molecule has 0 fully saturated rings. The van der Waals surface area contributed by atoms with Crippen LogP contribution in [0.15, 0.2) is 23.0 Å². The van der Waals surface area contributed by atoms with E-state index in [9.17, 15) is 18.0 Å². The van der Waals surface area contributed by atoms with E-state index in [1.807, 2.05) is 13.8 Å². The second-order valence-electron chi connectivity index (χ2n) is 3.12. The molecule has 0 radical (unpaired) electrons. The highest BCUT2D eigenvalue weighted by molar-refractivity contribution is 5.96. The average Bonchev–Trinajstić information content (AvgIpc) is 2.22. The van der Waals surface area contributed by atoms with Gasteiger partial charge in [0.1, 0.15) is 5.76 Å². The van der Waals surface area contributed by atoms with Gasteiger partial charge < -0.3 is 10.5 Å². The zero-order valence-electron chi connectivity index (χ0n) is 10.0. The van der Waals surface area contributed by atoms with Crippen molar-refractivity contribution in [3.05, 3.63) is 23.0 Å². The number of alkyl halides is 3. The van der Waals surface area contributed by atoms with E-state index in [2.05, 4.69) is 4.74 Å². The van der Waals surface area contributed by atoms with Crippen molar-refractivity contribution in [1.82, 2.24) is 0 Å². The molecule has 0 aromatic carbocycles. The van der Waals surface area contributed by atoms with Gasteiger partial charge >= 0.3 is 6.36 Å². The molecule has 1 rings (SSSR count). The molecule has 0 atom stereocenters. The van der Waals surface area contributed by atoms with E-state index in [1.54, 1.807) is 0 Å². The molecule has 0 aromatic rings. The summed E-state index contributed by atoms with van der Waals surface area (Å²) >= 11 is 0. The van der Waals surface area contributed by atoms with Gasteiger partial charge in [0.25, 0.3) is 0 Å². The molecule has 0 unspecified atom stereocenters. The summed E-state index contributed by atoms with van der Waals surface area (Å²) in [7, 11) is 0. The van der Waals surface area contributed by atoms with Crippen molar-refractivity contribution >= 4 is 5.91 Å². The molecule has 3 nitrogen and oxygen atoms in total. The molecular formula is C11H16F3NO2. The van der Waals surface area contributed by atoms with Gasteiger partial charge in [0.05, 0.1) is 0 Å². The van der Waals surface area contributed by atoms with Crippen LogP contribution in [0.2, 0.25) is 0 Å². The standard InChI is InChI=1S/C9H10F3NO2.C2H6/c1-5-6(8(13)14)3-2-4-7(5)15-9(10,11)12;1-2/h3H,2,4H2,1H3,(H2,13,14);1-2H3.